The molecule has 1 saturated carbocycles. The lowest BCUT2D eigenvalue weighted by Crippen LogP contribution is -2.61. The summed E-state index contributed by atoms with van der Waals surface area (Å²) in [4.78, 5) is 16.9. The minimum absolute atomic E-state index is 0.129. The SMILES string of the molecule is C[C@@H]1CC[C@H](NC(=O)N2CC[C@@H]3OCCN(C)[C@H]3C2)C[C@@H]1C. The Morgan fingerprint density at radius 1 is 1.14 bits per heavy atom. The van der Waals surface area contributed by atoms with E-state index in [-0.39, 0.29) is 6.03 Å². The lowest BCUT2D eigenvalue weighted by molar-refractivity contribution is -0.0883. The van der Waals surface area contributed by atoms with Crippen LogP contribution < -0.4 is 5.32 Å². The molecule has 5 nitrogen and oxygen atoms in total. The van der Waals surface area contributed by atoms with Crippen molar-refractivity contribution >= 4 is 6.03 Å². The molecule has 2 aliphatic heterocycles. The Balaban J connectivity index is 1.52. The number of likely N-dealkylation sites (tertiary alicyclic amines) is 1. The molecule has 0 aromatic heterocycles. The highest BCUT2D eigenvalue weighted by Crippen LogP contribution is 2.29. The van der Waals surface area contributed by atoms with E-state index in [1.165, 1.54) is 6.42 Å². The van der Waals surface area contributed by atoms with Gasteiger partial charge in [0.15, 0.2) is 0 Å². The zero-order valence-electron chi connectivity index (χ0n) is 14.3. The lowest BCUT2D eigenvalue weighted by Gasteiger charge is -2.46. The van der Waals surface area contributed by atoms with Gasteiger partial charge in [-0.15, -0.1) is 0 Å². The van der Waals surface area contributed by atoms with Gasteiger partial charge < -0.3 is 15.0 Å². The van der Waals surface area contributed by atoms with Crippen LogP contribution >= 0.6 is 0 Å². The maximum atomic E-state index is 12.6. The highest BCUT2D eigenvalue weighted by Gasteiger charge is 2.37. The van der Waals surface area contributed by atoms with E-state index < -0.39 is 0 Å². The first-order chi connectivity index (χ1) is 10.5. The zero-order chi connectivity index (χ0) is 15.7. The average Bonchev–Trinajstić information content (AvgIpc) is 2.51. The van der Waals surface area contributed by atoms with Crippen molar-refractivity contribution in [2.45, 2.75) is 57.7 Å². The fourth-order valence-electron chi connectivity index (χ4n) is 4.17. The second kappa shape index (κ2) is 6.75. The van der Waals surface area contributed by atoms with E-state index in [1.807, 2.05) is 4.90 Å². The maximum absolute atomic E-state index is 12.6. The van der Waals surface area contributed by atoms with Gasteiger partial charge in [0, 0.05) is 25.7 Å². The number of hydrogen-bond donors (Lipinski definition) is 1. The molecule has 3 rings (SSSR count). The van der Waals surface area contributed by atoms with E-state index in [1.54, 1.807) is 0 Å². The fraction of sp³-hybridized carbons (Fsp3) is 0.941. The Morgan fingerprint density at radius 2 is 1.95 bits per heavy atom. The highest BCUT2D eigenvalue weighted by atomic mass is 16.5. The van der Waals surface area contributed by atoms with Gasteiger partial charge >= 0.3 is 6.03 Å². The summed E-state index contributed by atoms with van der Waals surface area (Å²) in [5.74, 6) is 1.50. The van der Waals surface area contributed by atoms with Crippen LogP contribution in [0.3, 0.4) is 0 Å². The van der Waals surface area contributed by atoms with E-state index >= 15 is 0 Å². The monoisotopic (exact) mass is 309 g/mol. The van der Waals surface area contributed by atoms with Gasteiger partial charge in [0.05, 0.1) is 18.8 Å². The first kappa shape index (κ1) is 16.1. The smallest absolute Gasteiger partial charge is 0.317 e. The summed E-state index contributed by atoms with van der Waals surface area (Å²) in [5.41, 5.74) is 0. The van der Waals surface area contributed by atoms with Crippen LogP contribution in [-0.2, 0) is 4.74 Å². The molecular formula is C17H31N3O2. The van der Waals surface area contributed by atoms with Crippen LogP contribution in [0.25, 0.3) is 0 Å². The van der Waals surface area contributed by atoms with Crippen molar-refractivity contribution in [3.8, 4) is 0 Å². The Morgan fingerprint density at radius 3 is 2.73 bits per heavy atom. The summed E-state index contributed by atoms with van der Waals surface area (Å²) in [6.45, 7) is 8.04. The topological polar surface area (TPSA) is 44.8 Å². The Bertz CT molecular complexity index is 403. The van der Waals surface area contributed by atoms with Gasteiger partial charge in [-0.2, -0.15) is 0 Å². The number of likely N-dealkylation sites (N-methyl/N-ethyl adjacent to an activating group) is 1. The number of nitrogens with one attached hydrogen (secondary N) is 1. The number of urea groups is 1. The third-order valence-electron chi connectivity index (χ3n) is 6.08. The molecule has 5 atom stereocenters. The molecule has 0 aromatic rings. The third-order valence-corrected chi connectivity index (χ3v) is 6.08. The van der Waals surface area contributed by atoms with Crippen molar-refractivity contribution in [2.24, 2.45) is 11.8 Å². The molecular weight excluding hydrogens is 278 g/mol. The molecule has 2 heterocycles. The number of piperidine rings is 1. The number of carbonyl (C=O) groups excluding carboxylic acids is 1. The van der Waals surface area contributed by atoms with Crippen molar-refractivity contribution < 1.29 is 9.53 Å². The molecule has 5 heteroatoms. The normalized spacial score (nSPS) is 40.1. The Hall–Kier alpha value is -0.810. The second-order valence-electron chi connectivity index (χ2n) is 7.61. The number of amides is 2. The van der Waals surface area contributed by atoms with E-state index in [9.17, 15) is 4.79 Å². The molecule has 1 aliphatic carbocycles. The lowest BCUT2D eigenvalue weighted by atomic mass is 9.79. The molecule has 0 radical (unpaired) electrons. The molecule has 3 aliphatic rings. The van der Waals surface area contributed by atoms with Gasteiger partial charge in [0.25, 0.3) is 0 Å². The largest absolute Gasteiger partial charge is 0.375 e. The number of ether oxygens (including phenoxy) is 1. The third kappa shape index (κ3) is 3.40. The van der Waals surface area contributed by atoms with E-state index in [0.717, 1.165) is 51.4 Å². The van der Waals surface area contributed by atoms with E-state index in [2.05, 4.69) is 31.1 Å². The number of rotatable bonds is 1. The molecule has 0 aromatic carbocycles. The zero-order valence-corrected chi connectivity index (χ0v) is 14.3. The highest BCUT2D eigenvalue weighted by molar-refractivity contribution is 5.74. The summed E-state index contributed by atoms with van der Waals surface area (Å²) in [6, 6.07) is 0.847. The Kier molecular flexibility index (Phi) is 4.93. The van der Waals surface area contributed by atoms with Gasteiger partial charge in [-0.1, -0.05) is 13.8 Å². The number of carbonyl (C=O) groups is 1. The summed E-state index contributed by atoms with van der Waals surface area (Å²) in [7, 11) is 2.14. The molecule has 3 fully saturated rings. The van der Waals surface area contributed by atoms with Crippen molar-refractivity contribution in [1.82, 2.24) is 15.1 Å². The summed E-state index contributed by atoms with van der Waals surface area (Å²) in [5, 5.41) is 3.28. The van der Waals surface area contributed by atoms with E-state index in [4.69, 9.17) is 4.74 Å². The molecule has 0 unspecified atom stereocenters. The predicted octanol–water partition coefficient (Wildman–Crippen LogP) is 1.93. The van der Waals surface area contributed by atoms with Crippen LogP contribution in [0.4, 0.5) is 4.79 Å². The molecule has 22 heavy (non-hydrogen) atoms. The van der Waals surface area contributed by atoms with Crippen LogP contribution in [0.1, 0.15) is 39.5 Å². The van der Waals surface area contributed by atoms with Crippen LogP contribution in [-0.4, -0.2) is 67.3 Å². The maximum Gasteiger partial charge on any atom is 0.317 e. The van der Waals surface area contributed by atoms with Crippen molar-refractivity contribution in [2.75, 3.05) is 33.3 Å². The molecule has 0 bridgehead atoms. The van der Waals surface area contributed by atoms with Crippen molar-refractivity contribution in [3.05, 3.63) is 0 Å². The summed E-state index contributed by atoms with van der Waals surface area (Å²) < 4.78 is 5.86. The molecule has 126 valence electrons. The molecule has 2 saturated heterocycles. The first-order valence-corrected chi connectivity index (χ1v) is 8.92. The predicted molar refractivity (Wildman–Crippen MR) is 86.8 cm³/mol. The van der Waals surface area contributed by atoms with Crippen LogP contribution in [0.5, 0.6) is 0 Å². The molecule has 1 N–H and O–H groups in total. The standard InChI is InChI=1S/C17H31N3O2/c1-12-4-5-14(10-13(12)2)18-17(21)20-7-6-16-15(11-20)19(3)8-9-22-16/h12-16H,4-11H2,1-3H3,(H,18,21)/t12-,13+,14+,15+,16+/m1/s1. The molecule has 0 spiro atoms. The number of nitrogens with zero attached hydrogens (tertiary/aromatic N) is 2. The number of hydrogen-bond acceptors (Lipinski definition) is 3. The summed E-state index contributed by atoms with van der Waals surface area (Å²) in [6.07, 6.45) is 4.74. The minimum atomic E-state index is 0.129. The fourth-order valence-corrected chi connectivity index (χ4v) is 4.17. The van der Waals surface area contributed by atoms with Gasteiger partial charge in [0.1, 0.15) is 0 Å². The number of fused-ring (bicyclic) bond motifs is 1. The quantitative estimate of drug-likeness (QED) is 0.805. The first-order valence-electron chi connectivity index (χ1n) is 8.92. The average molecular weight is 309 g/mol. The summed E-state index contributed by atoms with van der Waals surface area (Å²) >= 11 is 0. The number of morpholine rings is 1. The minimum Gasteiger partial charge on any atom is -0.375 e. The van der Waals surface area contributed by atoms with Crippen molar-refractivity contribution in [3.63, 3.8) is 0 Å². The van der Waals surface area contributed by atoms with Gasteiger partial charge in [-0.05, 0) is 44.6 Å². The second-order valence-corrected chi connectivity index (χ2v) is 7.61. The van der Waals surface area contributed by atoms with E-state index in [0.29, 0.717) is 24.1 Å². The van der Waals surface area contributed by atoms with Gasteiger partial charge in [-0.3, -0.25) is 4.90 Å². The van der Waals surface area contributed by atoms with Crippen LogP contribution in [0, 0.1) is 11.8 Å². The van der Waals surface area contributed by atoms with Gasteiger partial charge in [0.2, 0.25) is 0 Å². The van der Waals surface area contributed by atoms with Gasteiger partial charge in [-0.25, -0.2) is 4.79 Å². The molecule has 2 amide bonds. The van der Waals surface area contributed by atoms with Crippen LogP contribution in [0.2, 0.25) is 0 Å². The van der Waals surface area contributed by atoms with Crippen LogP contribution in [0.15, 0.2) is 0 Å². The Labute approximate surface area is 134 Å². The van der Waals surface area contributed by atoms with Crippen molar-refractivity contribution in [1.29, 1.82) is 0 Å².